The summed E-state index contributed by atoms with van der Waals surface area (Å²) < 4.78 is 13.1. The summed E-state index contributed by atoms with van der Waals surface area (Å²) in [6.45, 7) is 0. The fraction of sp³-hybridized carbons (Fsp3) is 0.0714. The molecule has 0 aromatic heterocycles. The van der Waals surface area contributed by atoms with E-state index < -0.39 is 5.82 Å². The van der Waals surface area contributed by atoms with Crippen LogP contribution in [0.25, 0.3) is 0 Å². The molecule has 0 saturated carbocycles. The molecule has 0 fully saturated rings. The molecule has 0 saturated heterocycles. The number of rotatable bonds is 3. The topological polar surface area (TPSA) is 17.1 Å². The molecule has 0 unspecified atom stereocenters. The smallest absolute Gasteiger partial charge is 0.168 e. The number of hydrogen-bond acceptors (Lipinski definition) is 1. The van der Waals surface area contributed by atoms with E-state index in [-0.39, 0.29) is 17.2 Å². The van der Waals surface area contributed by atoms with E-state index in [1.54, 1.807) is 12.1 Å². The lowest BCUT2D eigenvalue weighted by molar-refractivity contribution is 0.0993. The molecular formula is C14H8Cl3FO. The maximum absolute atomic E-state index is 13.1. The van der Waals surface area contributed by atoms with Crippen LogP contribution in [-0.4, -0.2) is 5.78 Å². The minimum Gasteiger partial charge on any atom is -0.294 e. The van der Waals surface area contributed by atoms with Crippen LogP contribution in [0.4, 0.5) is 4.39 Å². The van der Waals surface area contributed by atoms with Crippen molar-refractivity contribution < 1.29 is 9.18 Å². The van der Waals surface area contributed by atoms with E-state index in [1.807, 2.05) is 0 Å². The fourth-order valence-electron chi connectivity index (χ4n) is 1.66. The molecule has 5 heteroatoms. The lowest BCUT2D eigenvalue weighted by Gasteiger charge is -2.06. The predicted octanol–water partition coefficient (Wildman–Crippen LogP) is 5.21. The van der Waals surface area contributed by atoms with E-state index in [4.69, 9.17) is 34.8 Å². The first-order valence-electron chi connectivity index (χ1n) is 5.39. The van der Waals surface area contributed by atoms with E-state index in [0.29, 0.717) is 21.2 Å². The average molecular weight is 318 g/mol. The summed E-state index contributed by atoms with van der Waals surface area (Å²) >= 11 is 17.6. The molecule has 0 aliphatic carbocycles. The zero-order chi connectivity index (χ0) is 14.0. The Balaban J connectivity index is 2.28. The van der Waals surface area contributed by atoms with Gasteiger partial charge in [-0.1, -0.05) is 34.8 Å². The van der Waals surface area contributed by atoms with Gasteiger partial charge in [0.05, 0.1) is 5.02 Å². The molecule has 2 aromatic carbocycles. The third kappa shape index (κ3) is 3.47. The first-order chi connectivity index (χ1) is 8.97. The molecule has 2 aromatic rings. The van der Waals surface area contributed by atoms with Crippen LogP contribution in [0, 0.1) is 5.82 Å². The molecule has 0 radical (unpaired) electrons. The van der Waals surface area contributed by atoms with Crippen molar-refractivity contribution in [3.05, 3.63) is 68.4 Å². The van der Waals surface area contributed by atoms with Gasteiger partial charge in [0.1, 0.15) is 5.82 Å². The summed E-state index contributed by atoms with van der Waals surface area (Å²) in [5.41, 5.74) is 0.768. The number of benzene rings is 2. The standard InChI is InChI=1S/C14H8Cl3FO/c15-9-1-3-11(13(17)7-9)14(19)6-8-5-10(18)2-4-12(8)16/h1-5,7H,6H2. The Labute approximate surface area is 124 Å². The highest BCUT2D eigenvalue weighted by Gasteiger charge is 2.13. The van der Waals surface area contributed by atoms with Crippen molar-refractivity contribution in [2.24, 2.45) is 0 Å². The molecule has 19 heavy (non-hydrogen) atoms. The summed E-state index contributed by atoms with van der Waals surface area (Å²) in [7, 11) is 0. The average Bonchev–Trinajstić information content (AvgIpc) is 2.33. The lowest BCUT2D eigenvalue weighted by atomic mass is 10.0. The van der Waals surface area contributed by atoms with Crippen molar-refractivity contribution in [1.29, 1.82) is 0 Å². The van der Waals surface area contributed by atoms with Crippen LogP contribution < -0.4 is 0 Å². The minimum atomic E-state index is -0.436. The number of halogens is 4. The van der Waals surface area contributed by atoms with Crippen LogP contribution in [-0.2, 0) is 6.42 Å². The first kappa shape index (κ1) is 14.3. The van der Waals surface area contributed by atoms with Gasteiger partial charge < -0.3 is 0 Å². The van der Waals surface area contributed by atoms with Gasteiger partial charge >= 0.3 is 0 Å². The zero-order valence-electron chi connectivity index (χ0n) is 9.59. The Morgan fingerprint density at radius 3 is 2.42 bits per heavy atom. The van der Waals surface area contributed by atoms with Crippen molar-refractivity contribution in [3.8, 4) is 0 Å². The van der Waals surface area contributed by atoms with E-state index in [1.165, 1.54) is 24.3 Å². The maximum Gasteiger partial charge on any atom is 0.168 e. The Bertz CT molecular complexity index is 641. The van der Waals surface area contributed by atoms with Crippen LogP contribution in [0.2, 0.25) is 15.1 Å². The Morgan fingerprint density at radius 2 is 1.74 bits per heavy atom. The molecule has 2 rings (SSSR count). The molecule has 0 heterocycles. The highest BCUT2D eigenvalue weighted by Crippen LogP contribution is 2.24. The number of hydrogen-bond donors (Lipinski definition) is 0. The van der Waals surface area contributed by atoms with E-state index in [0.717, 1.165) is 0 Å². The second-order valence-electron chi connectivity index (χ2n) is 3.96. The Hall–Kier alpha value is -1.09. The Morgan fingerprint density at radius 1 is 1.00 bits per heavy atom. The van der Waals surface area contributed by atoms with E-state index >= 15 is 0 Å². The maximum atomic E-state index is 13.1. The third-order valence-corrected chi connectivity index (χ3v) is 3.51. The van der Waals surface area contributed by atoms with Crippen LogP contribution in [0.3, 0.4) is 0 Å². The van der Waals surface area contributed by atoms with E-state index in [9.17, 15) is 9.18 Å². The van der Waals surface area contributed by atoms with Gasteiger partial charge in [0.15, 0.2) is 5.78 Å². The monoisotopic (exact) mass is 316 g/mol. The van der Waals surface area contributed by atoms with Gasteiger partial charge in [0.2, 0.25) is 0 Å². The zero-order valence-corrected chi connectivity index (χ0v) is 11.9. The van der Waals surface area contributed by atoms with Crippen molar-refractivity contribution >= 4 is 40.6 Å². The molecule has 0 spiro atoms. The van der Waals surface area contributed by atoms with Gasteiger partial charge in [0.25, 0.3) is 0 Å². The van der Waals surface area contributed by atoms with Gasteiger partial charge in [0, 0.05) is 22.0 Å². The first-order valence-corrected chi connectivity index (χ1v) is 6.53. The normalized spacial score (nSPS) is 10.5. The van der Waals surface area contributed by atoms with Crippen molar-refractivity contribution in [1.82, 2.24) is 0 Å². The summed E-state index contributed by atoms with van der Waals surface area (Å²) in [4.78, 5) is 12.1. The van der Waals surface area contributed by atoms with Gasteiger partial charge in [-0.2, -0.15) is 0 Å². The predicted molar refractivity (Wildman–Crippen MR) is 75.9 cm³/mol. The van der Waals surface area contributed by atoms with Gasteiger partial charge in [-0.3, -0.25) is 4.79 Å². The van der Waals surface area contributed by atoms with Crippen LogP contribution >= 0.6 is 34.8 Å². The van der Waals surface area contributed by atoms with Crippen molar-refractivity contribution in [2.75, 3.05) is 0 Å². The highest BCUT2D eigenvalue weighted by atomic mass is 35.5. The van der Waals surface area contributed by atoms with Crippen molar-refractivity contribution in [2.45, 2.75) is 6.42 Å². The minimum absolute atomic E-state index is 0.0159. The SMILES string of the molecule is O=C(Cc1cc(F)ccc1Cl)c1ccc(Cl)cc1Cl. The van der Waals surface area contributed by atoms with Gasteiger partial charge in [-0.05, 0) is 42.0 Å². The lowest BCUT2D eigenvalue weighted by Crippen LogP contribution is -2.05. The van der Waals surface area contributed by atoms with E-state index in [2.05, 4.69) is 0 Å². The molecule has 98 valence electrons. The summed E-state index contributed by atoms with van der Waals surface area (Å²) in [5, 5.41) is 1.06. The second kappa shape index (κ2) is 5.91. The molecule has 1 nitrogen and oxygen atoms in total. The quantitative estimate of drug-likeness (QED) is 0.710. The summed E-state index contributed by atoms with van der Waals surface area (Å²) in [6, 6.07) is 8.51. The number of Topliss-reactive ketones (excluding diaryl/α,β-unsaturated/α-hetero) is 1. The van der Waals surface area contributed by atoms with Crippen LogP contribution in [0.5, 0.6) is 0 Å². The fourth-order valence-corrected chi connectivity index (χ4v) is 2.36. The van der Waals surface area contributed by atoms with Crippen molar-refractivity contribution in [3.63, 3.8) is 0 Å². The molecule has 0 bridgehead atoms. The number of ketones is 1. The summed E-state index contributed by atoms with van der Waals surface area (Å²) in [6.07, 6.45) is -0.0159. The molecule has 0 N–H and O–H groups in total. The molecule has 0 aliphatic heterocycles. The highest BCUT2D eigenvalue weighted by molar-refractivity contribution is 6.37. The Kier molecular flexibility index (Phi) is 4.46. The number of carbonyl (C=O) groups excluding carboxylic acids is 1. The molecule has 0 aliphatic rings. The van der Waals surface area contributed by atoms with Crippen LogP contribution in [0.1, 0.15) is 15.9 Å². The molecule has 0 amide bonds. The van der Waals surface area contributed by atoms with Crippen LogP contribution in [0.15, 0.2) is 36.4 Å². The van der Waals surface area contributed by atoms with Gasteiger partial charge in [-0.25, -0.2) is 4.39 Å². The molecular weight excluding hydrogens is 310 g/mol. The second-order valence-corrected chi connectivity index (χ2v) is 5.21. The largest absolute Gasteiger partial charge is 0.294 e. The van der Waals surface area contributed by atoms with Gasteiger partial charge in [-0.15, -0.1) is 0 Å². The summed E-state index contributed by atoms with van der Waals surface area (Å²) in [5.74, 6) is -0.677. The third-order valence-electron chi connectivity index (χ3n) is 2.59. The number of carbonyl (C=O) groups is 1. The molecule has 0 atom stereocenters.